The highest BCUT2D eigenvalue weighted by atomic mass is 79.9. The number of rotatable bonds is 2. The second-order valence-electron chi connectivity index (χ2n) is 9.96. The molecule has 0 aliphatic carbocycles. The fourth-order valence-electron chi connectivity index (χ4n) is 4.72. The Balaban J connectivity index is 1.59. The van der Waals surface area contributed by atoms with E-state index in [0.717, 1.165) is 22.7 Å². The van der Waals surface area contributed by atoms with E-state index in [-0.39, 0.29) is 31.9 Å². The van der Waals surface area contributed by atoms with Crippen LogP contribution in [0.2, 0.25) is 0 Å². The number of fused-ring (bicyclic) bond motifs is 2. The molecule has 1 aromatic carbocycles. The number of pyridine rings is 1. The fraction of sp³-hybridized carbons (Fsp3) is 0.458. The Morgan fingerprint density at radius 1 is 1.09 bits per heavy atom. The lowest BCUT2D eigenvalue weighted by atomic mass is 9.68. The van der Waals surface area contributed by atoms with E-state index in [2.05, 4.69) is 26.2 Å². The Bertz CT molecular complexity index is 1090. The molecule has 3 heterocycles. The van der Waals surface area contributed by atoms with E-state index in [1.807, 2.05) is 0 Å². The predicted molar refractivity (Wildman–Crippen MR) is 128 cm³/mol. The summed E-state index contributed by atoms with van der Waals surface area (Å²) >= 11 is 3.35. The normalized spacial score (nSPS) is 24.2. The van der Waals surface area contributed by atoms with Crippen LogP contribution in [-0.2, 0) is 10.3 Å². The molecular formula is C24H27BrF2N4O4. The van der Waals surface area contributed by atoms with Gasteiger partial charge in [0.25, 0.3) is 0 Å². The SMILES string of the molecule is CC(C)(C)OC(=O)N1CC2CN(C(=O)Nc3cc(F)cc(F)c3)CC(C1)C2(O)c1ccc(Br)cn1. The monoisotopic (exact) mass is 552 g/mol. The van der Waals surface area contributed by atoms with Crippen LogP contribution in [0.5, 0.6) is 0 Å². The molecular weight excluding hydrogens is 526 g/mol. The number of aliphatic hydroxyl groups is 1. The van der Waals surface area contributed by atoms with Crippen molar-refractivity contribution in [2.24, 2.45) is 11.8 Å². The lowest BCUT2D eigenvalue weighted by molar-refractivity contribution is -0.156. The summed E-state index contributed by atoms with van der Waals surface area (Å²) in [5.74, 6) is -2.77. The van der Waals surface area contributed by atoms with Crippen LogP contribution in [0.3, 0.4) is 0 Å². The molecule has 2 N–H and O–H groups in total. The van der Waals surface area contributed by atoms with Crippen LogP contribution in [-0.4, -0.2) is 63.8 Å². The van der Waals surface area contributed by atoms with Crippen LogP contribution >= 0.6 is 15.9 Å². The maximum absolute atomic E-state index is 13.6. The van der Waals surface area contributed by atoms with Gasteiger partial charge in [0.2, 0.25) is 0 Å². The second-order valence-corrected chi connectivity index (χ2v) is 10.9. The van der Waals surface area contributed by atoms with Crippen molar-refractivity contribution in [1.82, 2.24) is 14.8 Å². The fourth-order valence-corrected chi connectivity index (χ4v) is 4.95. The minimum absolute atomic E-state index is 0.0107. The van der Waals surface area contributed by atoms with Crippen molar-refractivity contribution in [1.29, 1.82) is 0 Å². The molecule has 11 heteroatoms. The molecule has 8 nitrogen and oxygen atoms in total. The predicted octanol–water partition coefficient (Wildman–Crippen LogP) is 4.34. The zero-order valence-corrected chi connectivity index (χ0v) is 21.2. The minimum atomic E-state index is -1.39. The summed E-state index contributed by atoms with van der Waals surface area (Å²) < 4.78 is 33.4. The Kier molecular flexibility index (Phi) is 6.76. The van der Waals surface area contributed by atoms with Crippen molar-refractivity contribution < 1.29 is 28.2 Å². The van der Waals surface area contributed by atoms with E-state index in [9.17, 15) is 23.5 Å². The second kappa shape index (κ2) is 9.34. The van der Waals surface area contributed by atoms with E-state index in [1.165, 1.54) is 4.90 Å². The molecule has 2 fully saturated rings. The van der Waals surface area contributed by atoms with Crippen molar-refractivity contribution in [3.63, 3.8) is 0 Å². The quantitative estimate of drug-likeness (QED) is 0.577. The summed E-state index contributed by atoms with van der Waals surface area (Å²) in [7, 11) is 0. The van der Waals surface area contributed by atoms with Gasteiger partial charge in [-0.2, -0.15) is 0 Å². The van der Waals surface area contributed by atoms with Gasteiger partial charge in [-0.15, -0.1) is 0 Å². The molecule has 2 atom stereocenters. The number of ether oxygens (including phenoxy) is 1. The molecule has 2 saturated heterocycles. The summed E-state index contributed by atoms with van der Waals surface area (Å²) in [5.41, 5.74) is -1.63. The molecule has 1 aromatic heterocycles. The van der Waals surface area contributed by atoms with Crippen molar-refractivity contribution in [2.45, 2.75) is 32.0 Å². The molecule has 4 rings (SSSR count). The number of likely N-dealkylation sites (tertiary alicyclic amines) is 2. The van der Waals surface area contributed by atoms with Crippen LogP contribution in [0.15, 0.2) is 41.0 Å². The Labute approximate surface area is 210 Å². The van der Waals surface area contributed by atoms with E-state index >= 15 is 0 Å². The van der Waals surface area contributed by atoms with Gasteiger partial charge in [0.05, 0.1) is 5.69 Å². The van der Waals surface area contributed by atoms with Crippen LogP contribution < -0.4 is 5.32 Å². The Morgan fingerprint density at radius 3 is 2.17 bits per heavy atom. The first-order chi connectivity index (χ1) is 16.3. The largest absolute Gasteiger partial charge is 0.444 e. The Hall–Kier alpha value is -2.79. The molecule has 2 bridgehead atoms. The minimum Gasteiger partial charge on any atom is -0.444 e. The third kappa shape index (κ3) is 5.40. The van der Waals surface area contributed by atoms with Crippen LogP contribution in [0, 0.1) is 23.5 Å². The van der Waals surface area contributed by atoms with Crippen LogP contribution in [0.4, 0.5) is 24.1 Å². The van der Waals surface area contributed by atoms with Crippen molar-refractivity contribution in [3.8, 4) is 0 Å². The third-order valence-corrected chi connectivity index (χ3v) is 6.67. The molecule has 2 unspecified atom stereocenters. The first-order valence-corrected chi connectivity index (χ1v) is 12.0. The van der Waals surface area contributed by atoms with Gasteiger partial charge in [0.15, 0.2) is 0 Å². The number of halogens is 3. The zero-order valence-electron chi connectivity index (χ0n) is 19.6. The van der Waals surface area contributed by atoms with E-state index < -0.39 is 46.8 Å². The lowest BCUT2D eigenvalue weighted by Gasteiger charge is -2.55. The van der Waals surface area contributed by atoms with E-state index in [1.54, 1.807) is 44.0 Å². The first kappa shape index (κ1) is 25.3. The van der Waals surface area contributed by atoms with Gasteiger partial charge in [-0.3, -0.25) is 4.98 Å². The Morgan fingerprint density at radius 2 is 1.66 bits per heavy atom. The molecule has 2 aliphatic rings. The van der Waals surface area contributed by atoms with Gasteiger partial charge in [-0.25, -0.2) is 18.4 Å². The topological polar surface area (TPSA) is 95.0 Å². The van der Waals surface area contributed by atoms with Crippen molar-refractivity contribution in [2.75, 3.05) is 31.5 Å². The summed E-state index contributed by atoms with van der Waals surface area (Å²) in [4.78, 5) is 33.2. The number of nitrogens with one attached hydrogen (secondary N) is 1. The van der Waals surface area contributed by atoms with Crippen molar-refractivity contribution >= 4 is 33.7 Å². The van der Waals surface area contributed by atoms with Crippen LogP contribution in [0.25, 0.3) is 0 Å². The van der Waals surface area contributed by atoms with Crippen LogP contribution in [0.1, 0.15) is 26.5 Å². The standard InChI is InChI=1S/C24H27BrF2N4O4/c1-23(2,3)35-22(33)31-12-14-10-30(21(32)29-19-7-17(26)6-18(27)8-19)11-15(13-31)24(14,34)20-5-4-16(25)9-28-20/h4-9,14-15,34H,10-13H2,1-3H3,(H,29,32). The molecule has 35 heavy (non-hydrogen) atoms. The van der Waals surface area contributed by atoms with Gasteiger partial charge in [-0.1, -0.05) is 0 Å². The third-order valence-electron chi connectivity index (χ3n) is 6.20. The number of carbonyl (C=O) groups is 2. The molecule has 2 aliphatic heterocycles. The number of carbonyl (C=O) groups excluding carboxylic acids is 2. The number of nitrogens with zero attached hydrogens (tertiary/aromatic N) is 3. The maximum atomic E-state index is 13.6. The van der Waals surface area contributed by atoms with Gasteiger partial charge in [0, 0.05) is 60.4 Å². The highest BCUT2D eigenvalue weighted by Crippen LogP contribution is 2.45. The zero-order chi connectivity index (χ0) is 25.5. The highest BCUT2D eigenvalue weighted by Gasteiger charge is 2.56. The summed E-state index contributed by atoms with van der Waals surface area (Å²) in [6.07, 6.45) is 1.10. The first-order valence-electron chi connectivity index (χ1n) is 11.2. The summed E-state index contributed by atoms with van der Waals surface area (Å²) in [6.45, 7) is 5.79. The number of piperidine rings is 2. The molecule has 2 aromatic rings. The molecule has 188 valence electrons. The van der Waals surface area contributed by atoms with Gasteiger partial charge in [-0.05, 0) is 61.0 Å². The van der Waals surface area contributed by atoms with Gasteiger partial charge in [0.1, 0.15) is 22.8 Å². The molecule has 0 radical (unpaired) electrons. The van der Waals surface area contributed by atoms with Crippen molar-refractivity contribution in [3.05, 3.63) is 58.3 Å². The molecule has 0 saturated carbocycles. The number of hydrogen-bond donors (Lipinski definition) is 2. The maximum Gasteiger partial charge on any atom is 0.410 e. The summed E-state index contributed by atoms with van der Waals surface area (Å²) in [5, 5.41) is 14.4. The molecule has 3 amide bonds. The lowest BCUT2D eigenvalue weighted by Crippen LogP contribution is -2.67. The highest BCUT2D eigenvalue weighted by molar-refractivity contribution is 9.10. The van der Waals surface area contributed by atoms with Gasteiger partial charge >= 0.3 is 12.1 Å². The number of amides is 3. The number of hydrogen-bond acceptors (Lipinski definition) is 5. The van der Waals surface area contributed by atoms with E-state index in [0.29, 0.717) is 5.69 Å². The average molecular weight is 553 g/mol. The number of aromatic nitrogens is 1. The molecule has 0 spiro atoms. The number of benzene rings is 1. The average Bonchev–Trinajstić information content (AvgIpc) is 2.71. The van der Waals surface area contributed by atoms with Gasteiger partial charge < -0.3 is 25.0 Å². The smallest absolute Gasteiger partial charge is 0.410 e. The summed E-state index contributed by atoms with van der Waals surface area (Å²) in [6, 6.07) is 5.72. The number of anilines is 1. The number of urea groups is 1. The van der Waals surface area contributed by atoms with E-state index in [4.69, 9.17) is 4.74 Å².